The summed E-state index contributed by atoms with van der Waals surface area (Å²) in [5.74, 6) is -0.112. The SMILES string of the molecule is CC(=O)NCCOC1COc2c(-c3nc4n(Cc5ccccc5)cccc-4c3-c3cn(C)nc3OC(F)F)c(C(F)F)nn2C1. The van der Waals surface area contributed by atoms with E-state index in [1.807, 2.05) is 34.9 Å². The number of aromatic nitrogens is 6. The van der Waals surface area contributed by atoms with Crippen molar-refractivity contribution in [3.8, 4) is 45.5 Å². The second kappa shape index (κ2) is 12.6. The smallest absolute Gasteiger partial charge is 0.388 e. The number of carbonyl (C=O) groups excluding carboxylic acids is 1. The zero-order valence-corrected chi connectivity index (χ0v) is 24.3. The average molecular weight is 628 g/mol. The number of halogens is 4. The minimum absolute atomic E-state index is 0.0254. The molecule has 0 radical (unpaired) electrons. The first kappa shape index (κ1) is 30.1. The van der Waals surface area contributed by atoms with Gasteiger partial charge in [-0.05, 0) is 17.7 Å². The Kier molecular flexibility index (Phi) is 8.43. The molecule has 0 saturated carbocycles. The molecule has 1 N–H and O–H groups in total. The first-order valence-corrected chi connectivity index (χ1v) is 14.1. The first-order chi connectivity index (χ1) is 21.7. The molecule has 5 heterocycles. The summed E-state index contributed by atoms with van der Waals surface area (Å²) in [6.07, 6.45) is -0.260. The molecule has 236 valence electrons. The van der Waals surface area contributed by atoms with E-state index in [0.717, 1.165) is 5.56 Å². The van der Waals surface area contributed by atoms with Crippen molar-refractivity contribution in [3.05, 3.63) is 66.1 Å². The van der Waals surface area contributed by atoms with Crippen molar-refractivity contribution in [3.63, 3.8) is 0 Å². The summed E-state index contributed by atoms with van der Waals surface area (Å²) in [6, 6.07) is 13.1. The molecule has 2 aromatic heterocycles. The van der Waals surface area contributed by atoms with E-state index in [1.165, 1.54) is 29.5 Å². The van der Waals surface area contributed by atoms with E-state index in [-0.39, 0.29) is 66.4 Å². The molecule has 45 heavy (non-hydrogen) atoms. The predicted molar refractivity (Wildman–Crippen MR) is 153 cm³/mol. The number of ether oxygens (including phenoxy) is 3. The van der Waals surface area contributed by atoms with Gasteiger partial charge in [-0.1, -0.05) is 30.3 Å². The van der Waals surface area contributed by atoms with Gasteiger partial charge in [0.1, 0.15) is 24.2 Å². The van der Waals surface area contributed by atoms with Crippen LogP contribution in [0.5, 0.6) is 11.8 Å². The molecule has 0 aliphatic carbocycles. The second-order valence-electron chi connectivity index (χ2n) is 10.4. The van der Waals surface area contributed by atoms with Crippen LogP contribution in [0.4, 0.5) is 17.6 Å². The van der Waals surface area contributed by atoms with Crippen molar-refractivity contribution in [2.45, 2.75) is 39.2 Å². The largest absolute Gasteiger partial charge is 0.474 e. The van der Waals surface area contributed by atoms with Crippen LogP contribution in [0.15, 0.2) is 54.9 Å². The highest BCUT2D eigenvalue weighted by molar-refractivity contribution is 5.97. The number of nitrogens with zero attached hydrogens (tertiary/aromatic N) is 6. The molecule has 0 saturated heterocycles. The van der Waals surface area contributed by atoms with E-state index in [4.69, 9.17) is 19.2 Å². The molecular weight excluding hydrogens is 598 g/mol. The number of pyridine rings is 1. The van der Waals surface area contributed by atoms with Crippen molar-refractivity contribution in [1.82, 2.24) is 34.4 Å². The molecule has 3 aliphatic rings. The number of carbonyl (C=O) groups is 1. The van der Waals surface area contributed by atoms with Gasteiger partial charge < -0.3 is 24.1 Å². The Labute approximate surface area is 254 Å². The molecule has 6 rings (SSSR count). The van der Waals surface area contributed by atoms with Crippen LogP contribution in [-0.4, -0.2) is 67.5 Å². The number of fused-ring (bicyclic) bond motifs is 2. The monoisotopic (exact) mass is 627 g/mol. The zero-order chi connectivity index (χ0) is 31.7. The third-order valence-corrected chi connectivity index (χ3v) is 7.21. The molecule has 11 nitrogen and oxygen atoms in total. The van der Waals surface area contributed by atoms with E-state index < -0.39 is 24.8 Å². The fraction of sp³-hybridized carbons (Fsp3) is 0.333. The lowest BCUT2D eigenvalue weighted by molar-refractivity contribution is -0.119. The summed E-state index contributed by atoms with van der Waals surface area (Å²) in [7, 11) is 1.54. The predicted octanol–water partition coefficient (Wildman–Crippen LogP) is 4.75. The van der Waals surface area contributed by atoms with E-state index in [9.17, 15) is 22.4 Å². The van der Waals surface area contributed by atoms with Crippen molar-refractivity contribution in [2.75, 3.05) is 19.8 Å². The normalized spacial score (nSPS) is 14.6. The fourth-order valence-electron chi connectivity index (χ4n) is 5.40. The number of benzene rings is 1. The van der Waals surface area contributed by atoms with Crippen LogP contribution in [0.1, 0.15) is 24.6 Å². The van der Waals surface area contributed by atoms with Crippen LogP contribution in [0, 0.1) is 0 Å². The lowest BCUT2D eigenvalue weighted by Crippen LogP contribution is -2.35. The van der Waals surface area contributed by atoms with Gasteiger partial charge in [-0.25, -0.2) is 18.4 Å². The van der Waals surface area contributed by atoms with Crippen molar-refractivity contribution in [2.24, 2.45) is 7.05 Å². The highest BCUT2D eigenvalue weighted by atomic mass is 19.3. The topological polar surface area (TPSA) is 110 Å². The molecule has 3 aromatic rings. The summed E-state index contributed by atoms with van der Waals surface area (Å²) >= 11 is 0. The minimum Gasteiger partial charge on any atom is -0.474 e. The summed E-state index contributed by atoms with van der Waals surface area (Å²) in [4.78, 5) is 16.0. The maximum atomic E-state index is 14.7. The van der Waals surface area contributed by atoms with Gasteiger partial charge in [0.25, 0.3) is 6.43 Å². The summed E-state index contributed by atoms with van der Waals surface area (Å²) in [5.41, 5.74) is 1.30. The molecule has 0 spiro atoms. The van der Waals surface area contributed by atoms with Gasteiger partial charge in [-0.2, -0.15) is 13.9 Å². The summed E-state index contributed by atoms with van der Waals surface area (Å²) < 4.78 is 77.2. The molecule has 1 unspecified atom stereocenters. The number of amides is 1. The number of hydrogen-bond acceptors (Lipinski definition) is 7. The van der Waals surface area contributed by atoms with Crippen LogP contribution in [0.25, 0.3) is 33.8 Å². The highest BCUT2D eigenvalue weighted by Crippen LogP contribution is 2.49. The molecule has 1 amide bonds. The van der Waals surface area contributed by atoms with Gasteiger partial charge in [0.05, 0.1) is 30.0 Å². The number of hydrogen-bond donors (Lipinski definition) is 1. The lowest BCUT2D eigenvalue weighted by Gasteiger charge is -2.25. The Hall–Kier alpha value is -4.92. The molecule has 15 heteroatoms. The molecule has 1 atom stereocenters. The van der Waals surface area contributed by atoms with Crippen LogP contribution >= 0.6 is 0 Å². The average Bonchev–Trinajstić information content (AvgIpc) is 3.68. The zero-order valence-electron chi connectivity index (χ0n) is 24.3. The van der Waals surface area contributed by atoms with Crippen LogP contribution in [0.3, 0.4) is 0 Å². The Bertz CT molecular complexity index is 1770. The van der Waals surface area contributed by atoms with Gasteiger partial charge in [0.15, 0.2) is 0 Å². The maximum Gasteiger partial charge on any atom is 0.388 e. The van der Waals surface area contributed by atoms with Crippen molar-refractivity contribution >= 4 is 5.91 Å². The molecular formula is C30H29F4N7O4. The van der Waals surface area contributed by atoms with Gasteiger partial charge in [-0.15, -0.1) is 5.10 Å². The molecule has 3 aliphatic heterocycles. The number of rotatable bonds is 11. The van der Waals surface area contributed by atoms with Crippen molar-refractivity contribution in [1.29, 1.82) is 0 Å². The highest BCUT2D eigenvalue weighted by Gasteiger charge is 2.37. The molecule has 1 aromatic carbocycles. The summed E-state index contributed by atoms with van der Waals surface area (Å²) in [6.45, 7) is -0.790. The van der Waals surface area contributed by atoms with E-state index in [1.54, 1.807) is 18.3 Å². The van der Waals surface area contributed by atoms with Gasteiger partial charge in [0.2, 0.25) is 17.7 Å². The molecule has 0 bridgehead atoms. The van der Waals surface area contributed by atoms with Crippen LogP contribution < -0.4 is 14.8 Å². The Balaban J connectivity index is 1.49. The van der Waals surface area contributed by atoms with E-state index in [2.05, 4.69) is 15.5 Å². The fourth-order valence-corrected chi connectivity index (χ4v) is 5.40. The molecule has 0 fully saturated rings. The third kappa shape index (κ3) is 6.20. The third-order valence-electron chi connectivity index (χ3n) is 7.21. The Morgan fingerprint density at radius 1 is 1.09 bits per heavy atom. The number of alkyl halides is 4. The van der Waals surface area contributed by atoms with Gasteiger partial charge >= 0.3 is 6.61 Å². The standard InChI is InChI=1S/C30H29F4N7O4/c1-17(42)35-10-12-43-19-14-41-29(44-16-19)23(25(37-41)26(31)32)24-22(21-15-39(2)38-28(21)45-30(33)34)20-9-6-11-40(27(20)36-24)13-18-7-4-3-5-8-18/h3-9,11,15,19,26,30H,10,12-14,16H2,1-2H3,(H,35,42). The quantitative estimate of drug-likeness (QED) is 0.166. The van der Waals surface area contributed by atoms with E-state index in [0.29, 0.717) is 17.9 Å². The Morgan fingerprint density at radius 3 is 2.62 bits per heavy atom. The minimum atomic E-state index is -3.18. The van der Waals surface area contributed by atoms with Crippen molar-refractivity contribution < 1.29 is 36.6 Å². The number of aryl methyl sites for hydroxylation is 1. The van der Waals surface area contributed by atoms with Crippen LogP contribution in [-0.2, 0) is 29.7 Å². The van der Waals surface area contributed by atoms with Gasteiger partial charge in [0, 0.05) is 50.6 Å². The summed E-state index contributed by atoms with van der Waals surface area (Å²) in [5, 5.41) is 10.9. The van der Waals surface area contributed by atoms with E-state index >= 15 is 0 Å². The van der Waals surface area contributed by atoms with Gasteiger partial charge in [-0.3, -0.25) is 9.48 Å². The Morgan fingerprint density at radius 2 is 1.89 bits per heavy atom. The second-order valence-corrected chi connectivity index (χ2v) is 10.4. The maximum absolute atomic E-state index is 14.7. The first-order valence-electron chi connectivity index (χ1n) is 14.1. The van der Waals surface area contributed by atoms with Crippen LogP contribution in [0.2, 0.25) is 0 Å². The number of nitrogens with one attached hydrogen (secondary N) is 1. The lowest BCUT2D eigenvalue weighted by atomic mass is 9.98.